The number of rotatable bonds is 4. The molecule has 3 heterocycles. The van der Waals surface area contributed by atoms with Gasteiger partial charge in [0.2, 0.25) is 5.82 Å². The number of benzene rings is 2. The number of hydrogen-bond acceptors (Lipinski definition) is 7. The number of carbonyl (C=O) groups is 2. The van der Waals surface area contributed by atoms with Crippen molar-refractivity contribution < 1.29 is 14.3 Å². The molecule has 0 spiro atoms. The highest BCUT2D eigenvalue weighted by atomic mass is 16.5. The minimum absolute atomic E-state index is 0.0164. The number of carbonyl (C=O) groups excluding carboxylic acids is 2. The molecule has 2 aromatic carbocycles. The molecule has 4 aromatic rings. The molecule has 1 aliphatic heterocycles. The fourth-order valence-corrected chi connectivity index (χ4v) is 3.53. The number of amides is 2. The van der Waals surface area contributed by atoms with Crippen molar-refractivity contribution in [3.05, 3.63) is 72.6 Å². The number of nitrogens with one attached hydrogen (secondary N) is 1. The Morgan fingerprint density at radius 2 is 1.88 bits per heavy atom. The summed E-state index contributed by atoms with van der Waals surface area (Å²) in [5, 5.41) is 6.91. The molecule has 2 aromatic heterocycles. The van der Waals surface area contributed by atoms with Gasteiger partial charge in [-0.05, 0) is 11.6 Å². The van der Waals surface area contributed by atoms with E-state index in [4.69, 9.17) is 4.74 Å². The predicted molar refractivity (Wildman–Crippen MR) is 115 cm³/mol. The summed E-state index contributed by atoms with van der Waals surface area (Å²) in [6.45, 7) is 0.457. The molecule has 10 nitrogen and oxygen atoms in total. The summed E-state index contributed by atoms with van der Waals surface area (Å²) < 4.78 is 7.41. The lowest BCUT2D eigenvalue weighted by molar-refractivity contribution is -0.120. The molecular formula is C22H19N7O3. The summed E-state index contributed by atoms with van der Waals surface area (Å²) in [7, 11) is 1.63. The smallest absolute Gasteiger partial charge is 0.291 e. The van der Waals surface area contributed by atoms with Gasteiger partial charge in [-0.25, -0.2) is 9.67 Å². The summed E-state index contributed by atoms with van der Waals surface area (Å²) >= 11 is 0. The third-order valence-corrected chi connectivity index (χ3v) is 5.18. The van der Waals surface area contributed by atoms with E-state index in [2.05, 4.69) is 25.4 Å². The Morgan fingerprint density at radius 3 is 2.66 bits per heavy atom. The van der Waals surface area contributed by atoms with E-state index < -0.39 is 11.9 Å². The Kier molecular flexibility index (Phi) is 4.94. The Bertz CT molecular complexity index is 1310. The lowest BCUT2D eigenvalue weighted by Gasteiger charge is -2.20. The van der Waals surface area contributed by atoms with Gasteiger partial charge in [-0.1, -0.05) is 30.3 Å². The fraction of sp³-hybridized carbons (Fsp3) is 0.182. The number of aromatic nitrogens is 5. The first-order valence-corrected chi connectivity index (χ1v) is 9.98. The van der Waals surface area contributed by atoms with Gasteiger partial charge in [-0.15, -0.1) is 5.10 Å². The van der Waals surface area contributed by atoms with Crippen LogP contribution in [-0.2, 0) is 11.3 Å². The molecule has 0 unspecified atom stereocenters. The van der Waals surface area contributed by atoms with Gasteiger partial charge in [0.1, 0.15) is 24.7 Å². The average Bonchev–Trinajstić information content (AvgIpc) is 3.25. The van der Waals surface area contributed by atoms with E-state index in [9.17, 15) is 9.59 Å². The molecule has 10 heteroatoms. The molecule has 0 saturated carbocycles. The molecule has 1 atom stereocenters. The van der Waals surface area contributed by atoms with Crippen molar-refractivity contribution in [1.29, 1.82) is 0 Å². The predicted octanol–water partition coefficient (Wildman–Crippen LogP) is 1.42. The van der Waals surface area contributed by atoms with Gasteiger partial charge in [0.05, 0.1) is 23.3 Å². The number of likely N-dealkylation sites (N-methyl/N-ethyl adjacent to an activating group) is 1. The van der Waals surface area contributed by atoms with Crippen LogP contribution >= 0.6 is 0 Å². The maximum absolute atomic E-state index is 13.0. The van der Waals surface area contributed by atoms with Crippen molar-refractivity contribution in [2.75, 3.05) is 18.6 Å². The van der Waals surface area contributed by atoms with Gasteiger partial charge >= 0.3 is 0 Å². The average molecular weight is 429 g/mol. The number of anilines is 1. The van der Waals surface area contributed by atoms with Crippen LogP contribution in [0.3, 0.4) is 0 Å². The number of fused-ring (bicyclic) bond motifs is 2. The van der Waals surface area contributed by atoms with E-state index in [1.54, 1.807) is 36.3 Å². The standard InChI is InChI=1S/C22H19N7O3/c1-28-18-9-15-16(24-8-7-23-15)10-19(18)32-12-17(22(28)31)26-21(30)20-25-13-29(27-20)11-14-5-3-2-4-6-14/h2-10,13,17H,11-12H2,1H3,(H,26,30)/t17-/m0/s1. The zero-order chi connectivity index (χ0) is 22.1. The lowest BCUT2D eigenvalue weighted by atomic mass is 10.2. The van der Waals surface area contributed by atoms with E-state index in [-0.39, 0.29) is 18.3 Å². The van der Waals surface area contributed by atoms with E-state index >= 15 is 0 Å². The molecule has 2 amide bonds. The SMILES string of the molecule is CN1C(=O)[C@@H](NC(=O)c2ncn(Cc3ccccc3)n2)COc2cc3nccnc3cc21. The summed E-state index contributed by atoms with van der Waals surface area (Å²) in [5.41, 5.74) is 2.89. The van der Waals surface area contributed by atoms with Crippen LogP contribution in [-0.4, -0.2) is 56.2 Å². The van der Waals surface area contributed by atoms with Gasteiger partial charge in [-0.2, -0.15) is 0 Å². The second-order valence-corrected chi connectivity index (χ2v) is 7.35. The molecule has 160 valence electrons. The van der Waals surface area contributed by atoms with Crippen LogP contribution in [0.25, 0.3) is 11.0 Å². The minimum atomic E-state index is -0.898. The quantitative estimate of drug-likeness (QED) is 0.522. The second kappa shape index (κ2) is 8.06. The van der Waals surface area contributed by atoms with Gasteiger partial charge in [-0.3, -0.25) is 19.6 Å². The highest BCUT2D eigenvalue weighted by Crippen LogP contribution is 2.33. The molecule has 0 bridgehead atoms. The first-order chi connectivity index (χ1) is 15.6. The van der Waals surface area contributed by atoms with Gasteiger partial charge in [0.15, 0.2) is 0 Å². The largest absolute Gasteiger partial charge is 0.489 e. The van der Waals surface area contributed by atoms with Gasteiger partial charge in [0, 0.05) is 25.5 Å². The summed E-state index contributed by atoms with van der Waals surface area (Å²) in [5.74, 6) is -0.385. The molecule has 5 rings (SSSR count). The van der Waals surface area contributed by atoms with E-state index in [1.165, 1.54) is 11.2 Å². The summed E-state index contributed by atoms with van der Waals surface area (Å²) in [6.07, 6.45) is 4.66. The van der Waals surface area contributed by atoms with Crippen molar-refractivity contribution in [3.8, 4) is 5.75 Å². The summed E-state index contributed by atoms with van der Waals surface area (Å²) in [6, 6.07) is 12.3. The van der Waals surface area contributed by atoms with Crippen LogP contribution in [0, 0.1) is 0 Å². The maximum atomic E-state index is 13.0. The molecule has 0 saturated heterocycles. The zero-order valence-electron chi connectivity index (χ0n) is 17.2. The molecule has 0 aliphatic carbocycles. The van der Waals surface area contributed by atoms with E-state index in [1.807, 2.05) is 30.3 Å². The Morgan fingerprint density at radius 1 is 1.12 bits per heavy atom. The third-order valence-electron chi connectivity index (χ3n) is 5.18. The highest BCUT2D eigenvalue weighted by Gasteiger charge is 2.32. The molecule has 1 N–H and O–H groups in total. The topological polar surface area (TPSA) is 115 Å². The van der Waals surface area contributed by atoms with Crippen LogP contribution in [0.1, 0.15) is 16.2 Å². The Hall–Kier alpha value is -4.34. The van der Waals surface area contributed by atoms with Crippen molar-refractivity contribution in [3.63, 3.8) is 0 Å². The number of nitrogens with zero attached hydrogens (tertiary/aromatic N) is 6. The van der Waals surface area contributed by atoms with Crippen LogP contribution < -0.4 is 15.0 Å². The fourth-order valence-electron chi connectivity index (χ4n) is 3.53. The van der Waals surface area contributed by atoms with Crippen LogP contribution in [0.2, 0.25) is 0 Å². The Balaban J connectivity index is 1.32. The monoisotopic (exact) mass is 429 g/mol. The highest BCUT2D eigenvalue weighted by molar-refractivity contribution is 6.03. The Labute approximate surface area is 182 Å². The molecular weight excluding hydrogens is 410 g/mol. The molecule has 0 fully saturated rings. The third kappa shape index (κ3) is 3.73. The van der Waals surface area contributed by atoms with Crippen molar-refractivity contribution in [1.82, 2.24) is 30.0 Å². The van der Waals surface area contributed by atoms with Gasteiger partial charge in [0.25, 0.3) is 11.8 Å². The van der Waals surface area contributed by atoms with Crippen molar-refractivity contribution in [2.45, 2.75) is 12.6 Å². The molecule has 0 radical (unpaired) electrons. The van der Waals surface area contributed by atoms with Crippen molar-refractivity contribution >= 4 is 28.5 Å². The zero-order valence-corrected chi connectivity index (χ0v) is 17.2. The maximum Gasteiger partial charge on any atom is 0.291 e. The number of ether oxygens (including phenoxy) is 1. The summed E-state index contributed by atoms with van der Waals surface area (Å²) in [4.78, 5) is 39.8. The molecule has 32 heavy (non-hydrogen) atoms. The number of hydrogen-bond donors (Lipinski definition) is 1. The van der Waals surface area contributed by atoms with E-state index in [0.717, 1.165) is 5.56 Å². The first-order valence-electron chi connectivity index (χ1n) is 9.98. The van der Waals surface area contributed by atoms with Crippen LogP contribution in [0.5, 0.6) is 5.75 Å². The van der Waals surface area contributed by atoms with E-state index in [0.29, 0.717) is 29.0 Å². The van der Waals surface area contributed by atoms with Crippen molar-refractivity contribution in [2.24, 2.45) is 0 Å². The van der Waals surface area contributed by atoms with Crippen LogP contribution in [0.15, 0.2) is 61.2 Å². The minimum Gasteiger partial charge on any atom is -0.489 e. The molecule has 1 aliphatic rings. The second-order valence-electron chi connectivity index (χ2n) is 7.35. The van der Waals surface area contributed by atoms with Crippen LogP contribution in [0.4, 0.5) is 5.69 Å². The lowest BCUT2D eigenvalue weighted by Crippen LogP contribution is -2.49. The van der Waals surface area contributed by atoms with Gasteiger partial charge < -0.3 is 15.0 Å². The first kappa shape index (κ1) is 19.6. The normalized spacial score (nSPS) is 15.7.